The van der Waals surface area contributed by atoms with Crippen molar-refractivity contribution in [1.29, 1.82) is 0 Å². The fourth-order valence-electron chi connectivity index (χ4n) is 2.11. The van der Waals surface area contributed by atoms with Gasteiger partial charge in [0.05, 0.1) is 0 Å². The molecule has 0 bridgehead atoms. The van der Waals surface area contributed by atoms with Crippen LogP contribution in [0, 0.1) is 0 Å². The first-order chi connectivity index (χ1) is 10.6. The molecule has 0 aromatic rings. The first kappa shape index (κ1) is 21.4. The zero-order chi connectivity index (χ0) is 19.0. The molecule has 0 atom stereocenters. The summed E-state index contributed by atoms with van der Waals surface area (Å²) in [6, 6.07) is 0. The van der Waals surface area contributed by atoms with Crippen LogP contribution in [0.5, 0.6) is 0 Å². The Balaban J connectivity index is 3.33. The van der Waals surface area contributed by atoms with Crippen molar-refractivity contribution in [2.45, 2.75) is 48.5 Å². The molecule has 0 unspecified atom stereocenters. The van der Waals surface area contributed by atoms with Crippen molar-refractivity contribution in [2.24, 2.45) is 0 Å². The number of alkyl halides is 6. The summed E-state index contributed by atoms with van der Waals surface area (Å²) in [5.41, 5.74) is 0. The first-order valence-corrected chi connectivity index (χ1v) is 9.59. The highest BCUT2D eigenvalue weighted by Crippen LogP contribution is 2.51. The van der Waals surface area contributed by atoms with Crippen molar-refractivity contribution in [1.82, 2.24) is 4.31 Å². The molecular formula is C10H15F6NO5S2. The highest BCUT2D eigenvalue weighted by molar-refractivity contribution is 7.90. The van der Waals surface area contributed by atoms with Crippen LogP contribution >= 0.6 is 0 Å². The van der Waals surface area contributed by atoms with E-state index in [1.165, 1.54) is 0 Å². The Morgan fingerprint density at radius 1 is 0.708 bits per heavy atom. The number of sulfonamides is 1. The normalized spacial score (nSPS) is 20.5. The Hall–Kier alpha value is -0.600. The van der Waals surface area contributed by atoms with Crippen LogP contribution in [0.1, 0.15) is 32.1 Å². The van der Waals surface area contributed by atoms with Gasteiger partial charge in [-0.05, 0) is 12.8 Å². The second-order valence-corrected chi connectivity index (χ2v) is 8.70. The lowest BCUT2D eigenvalue weighted by atomic mass is 10.1. The minimum Gasteiger partial charge on any atom is -0.281 e. The van der Waals surface area contributed by atoms with Crippen LogP contribution in [-0.2, 0) is 20.1 Å². The maximum Gasteiger partial charge on any atom is 0.439 e. The summed E-state index contributed by atoms with van der Waals surface area (Å²) in [4.78, 5) is 0. The predicted octanol–water partition coefficient (Wildman–Crippen LogP) is 2.29. The summed E-state index contributed by atoms with van der Waals surface area (Å²) >= 11 is 0. The van der Waals surface area contributed by atoms with Crippen LogP contribution in [-0.4, -0.2) is 55.2 Å². The smallest absolute Gasteiger partial charge is 0.281 e. The quantitative estimate of drug-likeness (QED) is 0.558. The van der Waals surface area contributed by atoms with Gasteiger partial charge in [0.15, 0.2) is 0 Å². The average Bonchev–Trinajstić information content (AvgIpc) is 2.35. The van der Waals surface area contributed by atoms with Crippen molar-refractivity contribution in [3.8, 4) is 0 Å². The zero-order valence-electron chi connectivity index (χ0n) is 12.1. The Kier molecular flexibility index (Phi) is 5.90. The maximum atomic E-state index is 13.8. The molecule has 0 aliphatic carbocycles. The third-order valence-electron chi connectivity index (χ3n) is 3.53. The van der Waals surface area contributed by atoms with Crippen LogP contribution in [0.25, 0.3) is 0 Å². The van der Waals surface area contributed by atoms with Gasteiger partial charge < -0.3 is 0 Å². The van der Waals surface area contributed by atoms with Crippen LogP contribution in [0.3, 0.4) is 0 Å². The molecule has 0 saturated carbocycles. The second kappa shape index (κ2) is 6.61. The molecule has 1 N–H and O–H groups in total. The van der Waals surface area contributed by atoms with Gasteiger partial charge in [-0.25, -0.2) is 8.42 Å². The minimum atomic E-state index is -6.99. The van der Waals surface area contributed by atoms with E-state index >= 15 is 0 Å². The zero-order valence-corrected chi connectivity index (χ0v) is 13.7. The molecule has 1 aliphatic heterocycles. The van der Waals surface area contributed by atoms with E-state index in [-0.39, 0.29) is 17.1 Å². The van der Waals surface area contributed by atoms with Crippen LogP contribution in [0.15, 0.2) is 0 Å². The molecule has 1 saturated heterocycles. The SMILES string of the molecule is O=S(=O)(O)C(F)(F)C(F)(F)C(F)(F)S(=O)(=O)N1CCCCCCC1. The standard InChI is InChI=1S/C10H15F6NO5S2/c11-8(12,10(15,16)24(20,21)22)9(13,14)23(18,19)17-6-4-2-1-3-5-7-17/h1-7H2,(H,20,21,22). The van der Waals surface area contributed by atoms with E-state index < -0.39 is 49.7 Å². The molecular weight excluding hydrogens is 392 g/mol. The Bertz CT molecular complexity index is 655. The number of hydrogen-bond acceptors (Lipinski definition) is 4. The monoisotopic (exact) mass is 407 g/mol. The summed E-state index contributed by atoms with van der Waals surface area (Å²) in [5.74, 6) is -6.88. The molecule has 6 nitrogen and oxygen atoms in total. The maximum absolute atomic E-state index is 13.8. The largest absolute Gasteiger partial charge is 0.439 e. The van der Waals surface area contributed by atoms with E-state index in [2.05, 4.69) is 0 Å². The molecule has 0 amide bonds. The van der Waals surface area contributed by atoms with Crippen LogP contribution in [0.2, 0.25) is 0 Å². The summed E-state index contributed by atoms with van der Waals surface area (Å²) in [5, 5.41) is -13.1. The van der Waals surface area contributed by atoms with Crippen LogP contribution < -0.4 is 0 Å². The van der Waals surface area contributed by atoms with Gasteiger partial charge in [-0.2, -0.15) is 39.1 Å². The lowest BCUT2D eigenvalue weighted by Crippen LogP contribution is -2.63. The van der Waals surface area contributed by atoms with Crippen LogP contribution in [0.4, 0.5) is 26.3 Å². The number of rotatable bonds is 5. The summed E-state index contributed by atoms with van der Waals surface area (Å²) in [6.07, 6.45) is 1.62. The summed E-state index contributed by atoms with van der Waals surface area (Å²) in [7, 11) is -13.3. The molecule has 0 spiro atoms. The Morgan fingerprint density at radius 3 is 1.46 bits per heavy atom. The molecule has 24 heavy (non-hydrogen) atoms. The fourth-order valence-corrected chi connectivity index (χ4v) is 4.15. The van der Waals surface area contributed by atoms with Crippen molar-refractivity contribution in [2.75, 3.05) is 13.1 Å². The molecule has 1 fully saturated rings. The molecule has 1 heterocycles. The van der Waals surface area contributed by atoms with E-state index in [1.54, 1.807) is 0 Å². The van der Waals surface area contributed by atoms with Gasteiger partial charge in [0.2, 0.25) is 0 Å². The van der Waals surface area contributed by atoms with E-state index in [0.29, 0.717) is 19.3 Å². The summed E-state index contributed by atoms with van der Waals surface area (Å²) in [6.45, 7) is -1.18. The van der Waals surface area contributed by atoms with Gasteiger partial charge in [-0.15, -0.1) is 0 Å². The number of nitrogens with zero attached hydrogens (tertiary/aromatic N) is 1. The van der Waals surface area contributed by atoms with Crippen molar-refractivity contribution < 1.29 is 47.7 Å². The fraction of sp³-hybridized carbons (Fsp3) is 1.00. The molecule has 144 valence electrons. The number of hydrogen-bond donors (Lipinski definition) is 1. The van der Waals surface area contributed by atoms with E-state index in [9.17, 15) is 43.2 Å². The Labute approximate surface area is 134 Å². The average molecular weight is 407 g/mol. The van der Waals surface area contributed by atoms with Gasteiger partial charge >= 0.3 is 26.5 Å². The predicted molar refractivity (Wildman–Crippen MR) is 70.0 cm³/mol. The van der Waals surface area contributed by atoms with E-state index in [0.717, 1.165) is 0 Å². The molecule has 0 aromatic heterocycles. The molecule has 1 rings (SSSR count). The third-order valence-corrected chi connectivity index (χ3v) is 6.39. The topological polar surface area (TPSA) is 91.7 Å². The lowest BCUT2D eigenvalue weighted by molar-refractivity contribution is -0.246. The second-order valence-electron chi connectivity index (χ2n) is 5.25. The van der Waals surface area contributed by atoms with Gasteiger partial charge in [0.25, 0.3) is 10.0 Å². The lowest BCUT2D eigenvalue weighted by Gasteiger charge is -2.34. The van der Waals surface area contributed by atoms with Crippen molar-refractivity contribution in [3.05, 3.63) is 0 Å². The third kappa shape index (κ3) is 3.37. The van der Waals surface area contributed by atoms with Gasteiger partial charge in [0, 0.05) is 13.1 Å². The minimum absolute atomic E-state index is 0.0512. The van der Waals surface area contributed by atoms with Gasteiger partial charge in [0.1, 0.15) is 0 Å². The number of halogens is 6. The molecule has 0 aromatic carbocycles. The molecule has 1 aliphatic rings. The first-order valence-electron chi connectivity index (χ1n) is 6.71. The van der Waals surface area contributed by atoms with Crippen molar-refractivity contribution >= 4 is 20.1 Å². The highest BCUT2D eigenvalue weighted by Gasteiger charge is 2.82. The van der Waals surface area contributed by atoms with Gasteiger partial charge in [-0.1, -0.05) is 19.3 Å². The van der Waals surface area contributed by atoms with E-state index in [1.807, 2.05) is 0 Å². The summed E-state index contributed by atoms with van der Waals surface area (Å²) < 4.78 is 133. The molecule has 14 heteroatoms. The van der Waals surface area contributed by atoms with Gasteiger partial charge in [-0.3, -0.25) is 4.55 Å². The Morgan fingerprint density at radius 2 is 1.08 bits per heavy atom. The highest BCUT2D eigenvalue weighted by atomic mass is 32.2. The van der Waals surface area contributed by atoms with Crippen molar-refractivity contribution in [3.63, 3.8) is 0 Å². The van der Waals surface area contributed by atoms with E-state index in [4.69, 9.17) is 4.55 Å². The molecule has 0 radical (unpaired) electrons.